The smallest absolute Gasteiger partial charge is 0.159 e. The van der Waals surface area contributed by atoms with Gasteiger partial charge in [-0.3, -0.25) is 0 Å². The van der Waals surface area contributed by atoms with Crippen molar-refractivity contribution in [2.75, 3.05) is 17.4 Å². The van der Waals surface area contributed by atoms with Gasteiger partial charge in [0.25, 0.3) is 0 Å². The van der Waals surface area contributed by atoms with Crippen LogP contribution >= 0.6 is 11.6 Å². The topological polar surface area (TPSA) is 64.8 Å². The van der Waals surface area contributed by atoms with Gasteiger partial charge >= 0.3 is 0 Å². The van der Waals surface area contributed by atoms with E-state index in [1.807, 2.05) is 16.7 Å². The molecule has 5 nitrogen and oxygen atoms in total. The van der Waals surface area contributed by atoms with Gasteiger partial charge in [-0.15, -0.1) is 11.6 Å². The quantitative estimate of drug-likeness (QED) is 0.805. The monoisotopic (exact) mass is 313 g/mol. The SMILES string of the molecule is O=S1(=O)CCC(Cn2c(CCCl)nc3cccnc32)C1. The Morgan fingerprint density at radius 2 is 2.30 bits per heavy atom. The van der Waals surface area contributed by atoms with Crippen LogP contribution in [0, 0.1) is 5.92 Å². The van der Waals surface area contributed by atoms with Crippen LogP contribution in [0.15, 0.2) is 18.3 Å². The summed E-state index contributed by atoms with van der Waals surface area (Å²) in [6.45, 7) is 0.652. The minimum atomic E-state index is -2.86. The standard InChI is InChI=1S/C13H16ClN3O2S/c14-5-3-12-16-11-2-1-6-15-13(11)17(12)8-10-4-7-20(18,19)9-10/h1-2,6,10H,3-5,7-9H2. The number of rotatable bonds is 4. The average Bonchev–Trinajstić information content (AvgIpc) is 2.92. The molecule has 3 rings (SSSR count). The van der Waals surface area contributed by atoms with Crippen LogP contribution in [0.25, 0.3) is 11.2 Å². The van der Waals surface area contributed by atoms with E-state index in [1.54, 1.807) is 6.20 Å². The van der Waals surface area contributed by atoms with Crippen LogP contribution < -0.4 is 0 Å². The van der Waals surface area contributed by atoms with Crippen molar-refractivity contribution < 1.29 is 8.42 Å². The fourth-order valence-corrected chi connectivity index (χ4v) is 4.77. The van der Waals surface area contributed by atoms with E-state index in [0.717, 1.165) is 23.4 Å². The normalized spacial score (nSPS) is 21.6. The molecule has 0 radical (unpaired) electrons. The first kappa shape index (κ1) is 13.8. The van der Waals surface area contributed by atoms with Crippen molar-refractivity contribution in [2.24, 2.45) is 5.92 Å². The summed E-state index contributed by atoms with van der Waals surface area (Å²) in [6.07, 6.45) is 3.11. The summed E-state index contributed by atoms with van der Waals surface area (Å²) in [5, 5.41) is 0. The number of hydrogen-bond acceptors (Lipinski definition) is 4. The van der Waals surface area contributed by atoms with E-state index in [9.17, 15) is 8.42 Å². The van der Waals surface area contributed by atoms with Crippen LogP contribution in [0.4, 0.5) is 0 Å². The van der Waals surface area contributed by atoms with Gasteiger partial charge in [-0.2, -0.15) is 0 Å². The second-order valence-electron chi connectivity index (χ2n) is 5.19. The second kappa shape index (κ2) is 5.33. The van der Waals surface area contributed by atoms with Crippen LogP contribution in [0.2, 0.25) is 0 Å². The van der Waals surface area contributed by atoms with E-state index < -0.39 is 9.84 Å². The Morgan fingerprint density at radius 3 is 3.00 bits per heavy atom. The molecule has 0 spiro atoms. The molecule has 20 heavy (non-hydrogen) atoms. The number of halogens is 1. The molecule has 1 unspecified atom stereocenters. The zero-order valence-corrected chi connectivity index (χ0v) is 12.6. The third-order valence-electron chi connectivity index (χ3n) is 3.67. The molecule has 0 aliphatic carbocycles. The maximum Gasteiger partial charge on any atom is 0.159 e. The largest absolute Gasteiger partial charge is 0.312 e. The van der Waals surface area contributed by atoms with E-state index in [0.29, 0.717) is 24.6 Å². The number of hydrogen-bond donors (Lipinski definition) is 0. The number of aromatic nitrogens is 3. The van der Waals surface area contributed by atoms with Gasteiger partial charge in [0.05, 0.1) is 11.5 Å². The van der Waals surface area contributed by atoms with Crippen molar-refractivity contribution in [1.82, 2.24) is 14.5 Å². The second-order valence-corrected chi connectivity index (χ2v) is 7.80. The van der Waals surface area contributed by atoms with Crippen molar-refractivity contribution in [3.63, 3.8) is 0 Å². The summed E-state index contributed by atoms with van der Waals surface area (Å²) in [5.41, 5.74) is 1.66. The predicted molar refractivity (Wildman–Crippen MR) is 78.7 cm³/mol. The molecular weight excluding hydrogens is 298 g/mol. The lowest BCUT2D eigenvalue weighted by atomic mass is 10.1. The highest BCUT2D eigenvalue weighted by Crippen LogP contribution is 2.23. The predicted octanol–water partition coefficient (Wildman–Crippen LogP) is 1.65. The maximum atomic E-state index is 11.6. The number of pyridine rings is 1. The fraction of sp³-hybridized carbons (Fsp3) is 0.538. The van der Waals surface area contributed by atoms with Crippen LogP contribution in [0.5, 0.6) is 0 Å². The van der Waals surface area contributed by atoms with Crippen LogP contribution in [0.1, 0.15) is 12.2 Å². The molecule has 108 valence electrons. The summed E-state index contributed by atoms with van der Waals surface area (Å²) in [7, 11) is -2.86. The highest BCUT2D eigenvalue weighted by Gasteiger charge is 2.29. The molecule has 1 aliphatic rings. The van der Waals surface area contributed by atoms with Crippen molar-refractivity contribution in [1.29, 1.82) is 0 Å². The number of sulfone groups is 1. The first-order valence-corrected chi connectivity index (χ1v) is 9.01. The summed E-state index contributed by atoms with van der Waals surface area (Å²) in [4.78, 5) is 8.92. The van der Waals surface area contributed by atoms with Gasteiger partial charge in [0, 0.05) is 25.0 Å². The minimum absolute atomic E-state index is 0.147. The number of fused-ring (bicyclic) bond motifs is 1. The highest BCUT2D eigenvalue weighted by atomic mass is 35.5. The van der Waals surface area contributed by atoms with Gasteiger partial charge in [-0.05, 0) is 24.5 Å². The van der Waals surface area contributed by atoms with E-state index in [4.69, 9.17) is 11.6 Å². The van der Waals surface area contributed by atoms with E-state index in [2.05, 4.69) is 9.97 Å². The minimum Gasteiger partial charge on any atom is -0.312 e. The third-order valence-corrected chi connectivity index (χ3v) is 5.69. The molecule has 0 aromatic carbocycles. The zero-order chi connectivity index (χ0) is 14.2. The zero-order valence-electron chi connectivity index (χ0n) is 11.0. The Labute approximate surface area is 122 Å². The lowest BCUT2D eigenvalue weighted by Crippen LogP contribution is -2.15. The molecule has 1 fully saturated rings. The Hall–Kier alpha value is -1.14. The molecule has 0 N–H and O–H groups in total. The molecule has 0 amide bonds. The summed E-state index contributed by atoms with van der Waals surface area (Å²) < 4.78 is 25.2. The molecule has 1 aliphatic heterocycles. The molecule has 0 bridgehead atoms. The Morgan fingerprint density at radius 1 is 1.45 bits per heavy atom. The number of alkyl halides is 1. The van der Waals surface area contributed by atoms with Gasteiger partial charge in [-0.25, -0.2) is 18.4 Å². The fourth-order valence-electron chi connectivity index (χ4n) is 2.75. The number of nitrogens with zero attached hydrogens (tertiary/aromatic N) is 3. The average molecular weight is 314 g/mol. The van der Waals surface area contributed by atoms with Crippen molar-refractivity contribution in [3.05, 3.63) is 24.2 Å². The van der Waals surface area contributed by atoms with Crippen LogP contribution in [-0.2, 0) is 22.8 Å². The van der Waals surface area contributed by atoms with Gasteiger partial charge in [0.2, 0.25) is 0 Å². The molecule has 0 saturated carbocycles. The van der Waals surface area contributed by atoms with Gasteiger partial charge < -0.3 is 4.57 Å². The Balaban J connectivity index is 1.95. The summed E-state index contributed by atoms with van der Waals surface area (Å²) in [6, 6.07) is 3.77. The van der Waals surface area contributed by atoms with Crippen molar-refractivity contribution in [2.45, 2.75) is 19.4 Å². The molecule has 3 heterocycles. The number of aryl methyl sites for hydroxylation is 1. The molecule has 7 heteroatoms. The lowest BCUT2D eigenvalue weighted by molar-refractivity contribution is 0.486. The van der Waals surface area contributed by atoms with Crippen LogP contribution in [-0.4, -0.2) is 40.3 Å². The third kappa shape index (κ3) is 2.67. The van der Waals surface area contributed by atoms with E-state index in [-0.39, 0.29) is 11.7 Å². The summed E-state index contributed by atoms with van der Waals surface area (Å²) in [5.74, 6) is 2.08. The molecule has 2 aromatic rings. The van der Waals surface area contributed by atoms with Gasteiger partial charge in [0.1, 0.15) is 11.3 Å². The lowest BCUT2D eigenvalue weighted by Gasteiger charge is -2.12. The summed E-state index contributed by atoms with van der Waals surface area (Å²) >= 11 is 5.83. The van der Waals surface area contributed by atoms with E-state index in [1.165, 1.54) is 0 Å². The molecular formula is C13H16ClN3O2S. The molecule has 1 saturated heterocycles. The Kier molecular flexibility index (Phi) is 3.69. The Bertz CT molecular complexity index is 726. The highest BCUT2D eigenvalue weighted by molar-refractivity contribution is 7.91. The molecule has 1 atom stereocenters. The van der Waals surface area contributed by atoms with Crippen molar-refractivity contribution in [3.8, 4) is 0 Å². The first-order chi connectivity index (χ1) is 9.59. The molecule has 2 aromatic heterocycles. The van der Waals surface area contributed by atoms with Gasteiger partial charge in [0.15, 0.2) is 15.5 Å². The van der Waals surface area contributed by atoms with Crippen LogP contribution in [0.3, 0.4) is 0 Å². The number of imidazole rings is 1. The maximum absolute atomic E-state index is 11.6. The first-order valence-electron chi connectivity index (χ1n) is 6.65. The van der Waals surface area contributed by atoms with E-state index >= 15 is 0 Å². The van der Waals surface area contributed by atoms with Crippen molar-refractivity contribution >= 4 is 32.6 Å². The van der Waals surface area contributed by atoms with Gasteiger partial charge in [-0.1, -0.05) is 0 Å².